The molecule has 0 spiro atoms. The maximum absolute atomic E-state index is 6.14. The van der Waals surface area contributed by atoms with Crippen LogP contribution >= 0.6 is 0 Å². The number of benzene rings is 2. The van der Waals surface area contributed by atoms with E-state index in [0.717, 1.165) is 24.4 Å². The highest BCUT2D eigenvalue weighted by atomic mass is 16.5. The van der Waals surface area contributed by atoms with Gasteiger partial charge < -0.3 is 14.6 Å². The first-order chi connectivity index (χ1) is 9.74. The molecule has 0 aliphatic carbocycles. The zero-order valence-electron chi connectivity index (χ0n) is 11.9. The summed E-state index contributed by atoms with van der Waals surface area (Å²) in [6.45, 7) is 2.40. The lowest BCUT2D eigenvalue weighted by molar-refractivity contribution is 0.367. The summed E-state index contributed by atoms with van der Waals surface area (Å²) in [6, 6.07) is 16.7. The average Bonchev–Trinajstić information content (AvgIpc) is 2.99. The third-order valence-corrected chi connectivity index (χ3v) is 4.03. The molecule has 3 rings (SSSR count). The minimum Gasteiger partial charge on any atom is -0.570 e. The van der Waals surface area contributed by atoms with E-state index in [9.17, 15) is 0 Å². The van der Waals surface area contributed by atoms with E-state index in [4.69, 9.17) is 9.39 Å². The van der Waals surface area contributed by atoms with Crippen LogP contribution in [0.15, 0.2) is 48.5 Å². The minimum absolute atomic E-state index is 0.736. The van der Waals surface area contributed by atoms with E-state index in [2.05, 4.69) is 48.5 Å². The third-order valence-electron chi connectivity index (χ3n) is 4.03. The van der Waals surface area contributed by atoms with Crippen LogP contribution in [0.3, 0.4) is 0 Å². The Kier molecular flexibility index (Phi) is 3.51. The molecule has 2 aromatic carbocycles. The van der Waals surface area contributed by atoms with Crippen molar-refractivity contribution >= 4 is 17.4 Å². The summed E-state index contributed by atoms with van der Waals surface area (Å²) in [6.07, 6.45) is 0. The summed E-state index contributed by atoms with van der Waals surface area (Å²) in [5, 5.41) is 3.56. The van der Waals surface area contributed by atoms with Crippen molar-refractivity contribution in [1.29, 1.82) is 0 Å². The first kappa shape index (κ1) is 13.2. The summed E-state index contributed by atoms with van der Waals surface area (Å²) in [7, 11) is 1.68. The Labute approximate surface area is 119 Å². The molecular formula is C16H19BNO2-. The van der Waals surface area contributed by atoms with Gasteiger partial charge in [0.1, 0.15) is 5.75 Å². The molecule has 1 saturated heterocycles. The summed E-state index contributed by atoms with van der Waals surface area (Å²) >= 11 is 0. The zero-order chi connectivity index (χ0) is 14.0. The fourth-order valence-electron chi connectivity index (χ4n) is 2.89. The molecule has 2 aromatic rings. The molecule has 0 amide bonds. The van der Waals surface area contributed by atoms with Gasteiger partial charge >= 0.3 is 0 Å². The molecule has 3 nitrogen and oxygen atoms in total. The SMILES string of the molecule is COc1ccc([B-]2(c3ccc(C)cc3)NCCO2)cc1. The third kappa shape index (κ3) is 2.21. The Morgan fingerprint density at radius 1 is 1.00 bits per heavy atom. The Balaban J connectivity index is 2.04. The topological polar surface area (TPSA) is 30.5 Å². The highest BCUT2D eigenvalue weighted by Gasteiger charge is 2.32. The highest BCUT2D eigenvalue weighted by molar-refractivity contribution is 6.95. The van der Waals surface area contributed by atoms with Gasteiger partial charge in [-0.3, -0.25) is 0 Å². The standard InChI is InChI=1S/C16H19BNO2/c1-13-3-5-14(6-4-13)17(18-11-12-20-17)15-7-9-16(19-2)10-8-15/h3-10,18H,11-12H2,1-2H3/q-1. The Morgan fingerprint density at radius 3 is 2.10 bits per heavy atom. The van der Waals surface area contributed by atoms with Crippen molar-refractivity contribution in [2.24, 2.45) is 0 Å². The minimum atomic E-state index is -1.31. The first-order valence-electron chi connectivity index (χ1n) is 7.00. The maximum atomic E-state index is 6.14. The van der Waals surface area contributed by atoms with Crippen molar-refractivity contribution in [2.75, 3.05) is 20.3 Å². The molecule has 1 heterocycles. The molecule has 1 atom stereocenters. The van der Waals surface area contributed by atoms with Crippen LogP contribution in [0.4, 0.5) is 0 Å². The fraction of sp³-hybridized carbons (Fsp3) is 0.250. The maximum Gasteiger partial charge on any atom is 0.239 e. The van der Waals surface area contributed by atoms with E-state index in [-0.39, 0.29) is 0 Å². The molecule has 104 valence electrons. The van der Waals surface area contributed by atoms with Gasteiger partial charge in [-0.1, -0.05) is 42.0 Å². The van der Waals surface area contributed by atoms with Crippen LogP contribution in [0, 0.1) is 6.92 Å². The molecule has 1 fully saturated rings. The van der Waals surface area contributed by atoms with Crippen LogP contribution in [0.1, 0.15) is 5.56 Å². The van der Waals surface area contributed by atoms with E-state index >= 15 is 0 Å². The van der Waals surface area contributed by atoms with Crippen LogP contribution in [-0.2, 0) is 4.65 Å². The molecule has 1 aliphatic rings. The van der Waals surface area contributed by atoms with Crippen LogP contribution in [0.2, 0.25) is 0 Å². The average molecular weight is 268 g/mol. The molecule has 1 N–H and O–H groups in total. The van der Waals surface area contributed by atoms with E-state index < -0.39 is 6.48 Å². The van der Waals surface area contributed by atoms with Crippen molar-refractivity contribution in [3.05, 3.63) is 54.1 Å². The highest BCUT2D eigenvalue weighted by Crippen LogP contribution is 2.13. The summed E-state index contributed by atoms with van der Waals surface area (Å²) in [4.78, 5) is 0. The van der Waals surface area contributed by atoms with E-state index in [1.807, 2.05) is 12.1 Å². The van der Waals surface area contributed by atoms with Crippen LogP contribution in [-0.4, -0.2) is 26.7 Å². The predicted molar refractivity (Wildman–Crippen MR) is 83.1 cm³/mol. The lowest BCUT2D eigenvalue weighted by Crippen LogP contribution is -2.67. The van der Waals surface area contributed by atoms with Crippen molar-refractivity contribution in [2.45, 2.75) is 6.92 Å². The molecule has 0 radical (unpaired) electrons. The first-order valence-corrected chi connectivity index (χ1v) is 7.00. The smallest absolute Gasteiger partial charge is 0.239 e. The van der Waals surface area contributed by atoms with Gasteiger partial charge in [-0.2, -0.15) is 10.9 Å². The number of hydrogen-bond donors (Lipinski definition) is 1. The van der Waals surface area contributed by atoms with Crippen molar-refractivity contribution in [3.8, 4) is 5.75 Å². The second kappa shape index (κ2) is 5.31. The predicted octanol–water partition coefficient (Wildman–Crippen LogP) is 1.18. The largest absolute Gasteiger partial charge is 0.570 e. The normalized spacial score (nSPS) is 21.9. The molecule has 0 saturated carbocycles. The number of ether oxygens (including phenoxy) is 1. The zero-order valence-corrected chi connectivity index (χ0v) is 11.9. The summed E-state index contributed by atoms with van der Waals surface area (Å²) in [5.74, 6) is 0.863. The van der Waals surface area contributed by atoms with Gasteiger partial charge in [0.25, 0.3) is 0 Å². The number of methoxy groups -OCH3 is 1. The van der Waals surface area contributed by atoms with Gasteiger partial charge in [0.05, 0.1) is 7.11 Å². The summed E-state index contributed by atoms with van der Waals surface area (Å²) < 4.78 is 11.4. The quantitative estimate of drug-likeness (QED) is 0.848. The van der Waals surface area contributed by atoms with Gasteiger partial charge in [-0.05, 0) is 25.6 Å². The van der Waals surface area contributed by atoms with Crippen molar-refractivity contribution in [3.63, 3.8) is 0 Å². The molecule has 4 heteroatoms. The van der Waals surface area contributed by atoms with Gasteiger partial charge in [0.15, 0.2) is 0 Å². The summed E-state index contributed by atoms with van der Waals surface area (Å²) in [5.41, 5.74) is 3.61. The molecule has 1 aliphatic heterocycles. The van der Waals surface area contributed by atoms with Crippen LogP contribution < -0.4 is 20.9 Å². The molecule has 20 heavy (non-hydrogen) atoms. The lowest BCUT2D eigenvalue weighted by atomic mass is 9.42. The molecule has 0 aromatic heterocycles. The second-order valence-corrected chi connectivity index (χ2v) is 5.30. The number of rotatable bonds is 3. The van der Waals surface area contributed by atoms with Gasteiger partial charge in [-0.25, -0.2) is 0 Å². The Morgan fingerprint density at radius 2 is 1.60 bits per heavy atom. The van der Waals surface area contributed by atoms with Crippen molar-refractivity contribution in [1.82, 2.24) is 5.23 Å². The van der Waals surface area contributed by atoms with E-state index in [1.165, 1.54) is 11.0 Å². The number of aryl methyl sites for hydroxylation is 1. The monoisotopic (exact) mass is 268 g/mol. The Hall–Kier alpha value is -1.78. The lowest BCUT2D eigenvalue weighted by Gasteiger charge is -2.37. The second-order valence-electron chi connectivity index (χ2n) is 5.30. The van der Waals surface area contributed by atoms with E-state index in [0.29, 0.717) is 0 Å². The number of hydrogen-bond acceptors (Lipinski definition) is 3. The molecule has 0 bridgehead atoms. The number of nitrogens with one attached hydrogen (secondary N) is 1. The Bertz CT molecular complexity index is 574. The molecular weight excluding hydrogens is 249 g/mol. The van der Waals surface area contributed by atoms with E-state index in [1.54, 1.807) is 7.11 Å². The molecule has 1 unspecified atom stereocenters. The van der Waals surface area contributed by atoms with Gasteiger partial charge in [0, 0.05) is 6.61 Å². The van der Waals surface area contributed by atoms with Crippen molar-refractivity contribution < 1.29 is 9.39 Å². The fourth-order valence-corrected chi connectivity index (χ4v) is 2.89. The van der Waals surface area contributed by atoms with Gasteiger partial charge in [-0.15, -0.1) is 0 Å². The van der Waals surface area contributed by atoms with Crippen LogP contribution in [0.5, 0.6) is 5.75 Å². The van der Waals surface area contributed by atoms with Gasteiger partial charge in [0.2, 0.25) is 6.48 Å². The van der Waals surface area contributed by atoms with Crippen LogP contribution in [0.25, 0.3) is 0 Å².